The van der Waals surface area contributed by atoms with Gasteiger partial charge in [0.25, 0.3) is 0 Å². The molecule has 0 spiro atoms. The van der Waals surface area contributed by atoms with Gasteiger partial charge in [-0.3, -0.25) is 4.90 Å². The minimum absolute atomic E-state index is 0.0335. The highest BCUT2D eigenvalue weighted by Gasteiger charge is 2.49. The van der Waals surface area contributed by atoms with Crippen LogP contribution in [0, 0.1) is 0 Å². The highest BCUT2D eigenvalue weighted by atomic mass is 16.3. The van der Waals surface area contributed by atoms with E-state index in [-0.39, 0.29) is 30.6 Å². The van der Waals surface area contributed by atoms with E-state index in [4.69, 9.17) is 0 Å². The second-order valence-corrected chi connectivity index (χ2v) is 9.63. The highest BCUT2D eigenvalue weighted by Crippen LogP contribution is 2.42. The number of rotatable bonds is 4. The lowest BCUT2D eigenvalue weighted by atomic mass is 9.74. The molecular weight excluding hydrogens is 410 g/mol. The van der Waals surface area contributed by atoms with Crippen LogP contribution in [0.2, 0.25) is 0 Å². The molecular formula is C28H35N3O2. The van der Waals surface area contributed by atoms with Gasteiger partial charge in [-0.05, 0) is 73.9 Å². The summed E-state index contributed by atoms with van der Waals surface area (Å²) in [4.78, 5) is 17.4. The molecule has 0 radical (unpaired) electrons. The van der Waals surface area contributed by atoms with Crippen molar-refractivity contribution < 1.29 is 9.90 Å². The summed E-state index contributed by atoms with van der Waals surface area (Å²) >= 11 is 0. The Morgan fingerprint density at radius 1 is 0.970 bits per heavy atom. The molecule has 0 aromatic heterocycles. The second kappa shape index (κ2) is 10.1. The highest BCUT2D eigenvalue weighted by molar-refractivity contribution is 5.89. The molecule has 5 rings (SSSR count). The van der Waals surface area contributed by atoms with E-state index in [2.05, 4.69) is 40.6 Å². The smallest absolute Gasteiger partial charge is 0.321 e. The van der Waals surface area contributed by atoms with Gasteiger partial charge in [0.15, 0.2) is 0 Å². The number of nitrogens with one attached hydrogen (secondary N) is 1. The van der Waals surface area contributed by atoms with E-state index in [1.807, 2.05) is 35.2 Å². The number of urea groups is 1. The van der Waals surface area contributed by atoms with E-state index in [1.165, 1.54) is 42.4 Å². The molecule has 2 amide bonds. The minimum atomic E-state index is -0.0335. The van der Waals surface area contributed by atoms with Gasteiger partial charge >= 0.3 is 6.03 Å². The van der Waals surface area contributed by atoms with Crippen molar-refractivity contribution in [3.63, 3.8) is 0 Å². The van der Waals surface area contributed by atoms with Gasteiger partial charge in [-0.1, -0.05) is 48.5 Å². The molecule has 2 N–H and O–H groups in total. The SMILES string of the molecule is O=C(Nc1ccccc1)N1CCCCN2[C@H](CO)[C@H](c3ccc(C4=CCCCC4)cc3)[C@@H]2C1. The summed E-state index contributed by atoms with van der Waals surface area (Å²) < 4.78 is 0. The number of carbonyl (C=O) groups excluding carboxylic acids is 1. The predicted molar refractivity (Wildman–Crippen MR) is 133 cm³/mol. The van der Waals surface area contributed by atoms with Gasteiger partial charge in [0.2, 0.25) is 0 Å². The van der Waals surface area contributed by atoms with E-state index in [9.17, 15) is 9.90 Å². The predicted octanol–water partition coefficient (Wildman–Crippen LogP) is 5.10. The summed E-state index contributed by atoms with van der Waals surface area (Å²) in [6.07, 6.45) is 9.35. The van der Waals surface area contributed by atoms with E-state index in [0.717, 1.165) is 31.6 Å². The fourth-order valence-electron chi connectivity index (χ4n) is 5.87. The number of aliphatic hydroxyl groups excluding tert-OH is 1. The Labute approximate surface area is 197 Å². The first-order valence-electron chi connectivity index (χ1n) is 12.5. The standard InChI is InChI=1S/C28H35N3O2/c32-20-26-27(23-15-13-22(14-16-23)21-9-3-1-4-10-21)25-19-30(17-7-8-18-31(25)26)28(33)29-24-11-5-2-6-12-24/h2,5-6,9,11-16,25-27,32H,1,3-4,7-8,10,17-20H2,(H,29,33)/t25-,26+,27+/m0/s1. The zero-order chi connectivity index (χ0) is 22.6. The maximum Gasteiger partial charge on any atom is 0.321 e. The van der Waals surface area contributed by atoms with Crippen molar-refractivity contribution in [1.82, 2.24) is 9.80 Å². The first kappa shape index (κ1) is 22.2. The number of fused-ring (bicyclic) bond motifs is 1. The molecule has 1 aliphatic carbocycles. The van der Waals surface area contributed by atoms with Crippen molar-refractivity contribution in [3.05, 3.63) is 71.8 Å². The molecule has 0 bridgehead atoms. The maximum absolute atomic E-state index is 13.1. The van der Waals surface area contributed by atoms with Crippen LogP contribution in [-0.2, 0) is 0 Å². The van der Waals surface area contributed by atoms with Crippen molar-refractivity contribution in [3.8, 4) is 0 Å². The number of allylic oxidation sites excluding steroid dienone is 2. The van der Waals surface area contributed by atoms with Gasteiger partial charge in [-0.2, -0.15) is 0 Å². The number of aliphatic hydroxyl groups is 1. The number of hydrogen-bond donors (Lipinski definition) is 2. The summed E-state index contributed by atoms with van der Waals surface area (Å²) in [7, 11) is 0. The molecule has 2 aliphatic heterocycles. The summed E-state index contributed by atoms with van der Waals surface area (Å²) in [5.74, 6) is 0.245. The molecule has 0 unspecified atom stereocenters. The van der Waals surface area contributed by atoms with Crippen LogP contribution >= 0.6 is 0 Å². The van der Waals surface area contributed by atoms with E-state index >= 15 is 0 Å². The third kappa shape index (κ3) is 4.71. The molecule has 3 aliphatic rings. The molecule has 0 saturated carbocycles. The molecule has 2 heterocycles. The number of anilines is 1. The first-order chi connectivity index (χ1) is 16.2. The fraction of sp³-hybridized carbons (Fsp3) is 0.464. The Kier molecular flexibility index (Phi) is 6.79. The lowest BCUT2D eigenvalue weighted by Crippen LogP contribution is -2.68. The van der Waals surface area contributed by atoms with Crippen LogP contribution in [0.3, 0.4) is 0 Å². The van der Waals surface area contributed by atoms with Crippen molar-refractivity contribution in [2.45, 2.75) is 56.5 Å². The average Bonchev–Trinajstić information content (AvgIpc) is 2.84. The Morgan fingerprint density at radius 2 is 1.76 bits per heavy atom. The Balaban J connectivity index is 1.33. The molecule has 33 heavy (non-hydrogen) atoms. The zero-order valence-electron chi connectivity index (χ0n) is 19.3. The van der Waals surface area contributed by atoms with Crippen molar-refractivity contribution in [1.29, 1.82) is 0 Å². The van der Waals surface area contributed by atoms with Crippen LogP contribution in [0.1, 0.15) is 55.6 Å². The topological polar surface area (TPSA) is 55.8 Å². The molecule has 2 aromatic carbocycles. The van der Waals surface area contributed by atoms with Crippen LogP contribution in [0.5, 0.6) is 0 Å². The summed E-state index contributed by atoms with van der Waals surface area (Å²) in [6, 6.07) is 19.0. The number of benzene rings is 2. The molecule has 3 atom stereocenters. The van der Waals surface area contributed by atoms with E-state index < -0.39 is 0 Å². The Hall–Kier alpha value is -2.63. The number of hydrogen-bond acceptors (Lipinski definition) is 3. The quantitative estimate of drug-likeness (QED) is 0.688. The lowest BCUT2D eigenvalue weighted by Gasteiger charge is -2.57. The first-order valence-corrected chi connectivity index (χ1v) is 12.5. The van der Waals surface area contributed by atoms with E-state index in [0.29, 0.717) is 6.54 Å². The Bertz CT molecular complexity index is 972. The average molecular weight is 446 g/mol. The van der Waals surface area contributed by atoms with Gasteiger partial charge in [-0.25, -0.2) is 4.79 Å². The molecule has 5 heteroatoms. The van der Waals surface area contributed by atoms with Gasteiger partial charge in [-0.15, -0.1) is 0 Å². The van der Waals surface area contributed by atoms with Crippen LogP contribution in [-0.4, -0.2) is 59.3 Å². The Morgan fingerprint density at radius 3 is 2.48 bits per heavy atom. The normalized spacial score (nSPS) is 25.8. The number of para-hydroxylation sites is 1. The second-order valence-electron chi connectivity index (χ2n) is 9.63. The third-order valence-electron chi connectivity index (χ3n) is 7.64. The monoisotopic (exact) mass is 445 g/mol. The molecule has 2 saturated heterocycles. The van der Waals surface area contributed by atoms with Gasteiger partial charge in [0.05, 0.1) is 6.61 Å². The van der Waals surface area contributed by atoms with E-state index in [1.54, 1.807) is 0 Å². The van der Waals surface area contributed by atoms with Gasteiger partial charge in [0, 0.05) is 36.8 Å². The molecule has 5 nitrogen and oxygen atoms in total. The summed E-state index contributed by atoms with van der Waals surface area (Å²) in [6.45, 7) is 2.61. The van der Waals surface area contributed by atoms with Crippen molar-refractivity contribution >= 4 is 17.3 Å². The van der Waals surface area contributed by atoms with Crippen LogP contribution < -0.4 is 5.32 Å². The van der Waals surface area contributed by atoms with Gasteiger partial charge < -0.3 is 15.3 Å². The molecule has 2 fully saturated rings. The van der Waals surface area contributed by atoms with Gasteiger partial charge in [0.1, 0.15) is 0 Å². The minimum Gasteiger partial charge on any atom is -0.395 e. The van der Waals surface area contributed by atoms with Crippen molar-refractivity contribution in [2.75, 3.05) is 31.6 Å². The van der Waals surface area contributed by atoms with Crippen LogP contribution in [0.25, 0.3) is 5.57 Å². The maximum atomic E-state index is 13.1. The third-order valence-corrected chi connectivity index (χ3v) is 7.64. The molecule has 174 valence electrons. The number of nitrogens with zero attached hydrogens (tertiary/aromatic N) is 2. The largest absolute Gasteiger partial charge is 0.395 e. The van der Waals surface area contributed by atoms with Crippen molar-refractivity contribution in [2.24, 2.45) is 0 Å². The summed E-state index contributed by atoms with van der Waals surface area (Å²) in [5.41, 5.74) is 4.90. The lowest BCUT2D eigenvalue weighted by molar-refractivity contribution is -0.0585. The van der Waals surface area contributed by atoms with Crippen LogP contribution in [0.4, 0.5) is 10.5 Å². The summed E-state index contributed by atoms with van der Waals surface area (Å²) in [5, 5.41) is 13.3. The van der Waals surface area contributed by atoms with Crippen LogP contribution in [0.15, 0.2) is 60.7 Å². The zero-order valence-corrected chi connectivity index (χ0v) is 19.3. The number of amides is 2. The fourth-order valence-corrected chi connectivity index (χ4v) is 5.87. The number of carbonyl (C=O) groups is 1. The molecule has 2 aromatic rings.